The van der Waals surface area contributed by atoms with Gasteiger partial charge in [-0.3, -0.25) is 9.69 Å². The number of carbonyl (C=O) groups excluding carboxylic acids is 1. The van der Waals surface area contributed by atoms with Crippen molar-refractivity contribution in [1.29, 1.82) is 0 Å². The van der Waals surface area contributed by atoms with Crippen molar-refractivity contribution in [1.82, 2.24) is 15.1 Å². The van der Waals surface area contributed by atoms with E-state index in [9.17, 15) is 4.79 Å². The van der Waals surface area contributed by atoms with Gasteiger partial charge in [0.2, 0.25) is 5.91 Å². The summed E-state index contributed by atoms with van der Waals surface area (Å²) in [6.07, 6.45) is 2.38. The molecule has 0 bridgehead atoms. The Morgan fingerprint density at radius 3 is 2.50 bits per heavy atom. The first-order valence-electron chi connectivity index (χ1n) is 7.23. The summed E-state index contributed by atoms with van der Waals surface area (Å²) in [4.78, 5) is 16.9. The third kappa shape index (κ3) is 3.23. The summed E-state index contributed by atoms with van der Waals surface area (Å²) >= 11 is 0. The Labute approximate surface area is 111 Å². The molecule has 0 aromatic heterocycles. The molecule has 0 spiro atoms. The summed E-state index contributed by atoms with van der Waals surface area (Å²) in [7, 11) is 0. The minimum atomic E-state index is 0.0426. The third-order valence-corrected chi connectivity index (χ3v) is 4.27. The summed E-state index contributed by atoms with van der Waals surface area (Å²) < 4.78 is 0. The summed E-state index contributed by atoms with van der Waals surface area (Å²) in [5.41, 5.74) is 0.289. The Hall–Kier alpha value is -0.610. The lowest BCUT2D eigenvalue weighted by atomic mass is 9.84. The van der Waals surface area contributed by atoms with Crippen molar-refractivity contribution in [2.24, 2.45) is 5.41 Å². The number of carbonyl (C=O) groups is 1. The van der Waals surface area contributed by atoms with Crippen molar-refractivity contribution < 1.29 is 4.79 Å². The van der Waals surface area contributed by atoms with E-state index in [2.05, 4.69) is 35.9 Å². The van der Waals surface area contributed by atoms with Crippen LogP contribution in [-0.4, -0.2) is 61.0 Å². The first kappa shape index (κ1) is 13.8. The third-order valence-electron chi connectivity index (χ3n) is 4.27. The molecule has 4 nitrogen and oxygen atoms in total. The Morgan fingerprint density at radius 1 is 1.22 bits per heavy atom. The highest BCUT2D eigenvalue weighted by Crippen LogP contribution is 2.28. The van der Waals surface area contributed by atoms with Crippen LogP contribution in [-0.2, 0) is 4.79 Å². The highest BCUT2D eigenvalue weighted by molar-refractivity contribution is 5.81. The minimum Gasteiger partial charge on any atom is -0.341 e. The van der Waals surface area contributed by atoms with Crippen molar-refractivity contribution >= 4 is 5.91 Å². The van der Waals surface area contributed by atoms with Crippen molar-refractivity contribution in [2.45, 2.75) is 39.7 Å². The van der Waals surface area contributed by atoms with Crippen LogP contribution in [0.25, 0.3) is 0 Å². The first-order valence-corrected chi connectivity index (χ1v) is 7.23. The van der Waals surface area contributed by atoms with Gasteiger partial charge in [0.15, 0.2) is 0 Å². The first-order chi connectivity index (χ1) is 8.49. The van der Waals surface area contributed by atoms with Crippen molar-refractivity contribution in [3.05, 3.63) is 0 Å². The van der Waals surface area contributed by atoms with Gasteiger partial charge in [-0.25, -0.2) is 0 Å². The van der Waals surface area contributed by atoms with E-state index >= 15 is 0 Å². The Kier molecular flexibility index (Phi) is 4.28. The van der Waals surface area contributed by atoms with Crippen LogP contribution in [0.2, 0.25) is 0 Å². The predicted octanol–water partition coefficient (Wildman–Crippen LogP) is 0.929. The Morgan fingerprint density at radius 2 is 1.89 bits per heavy atom. The zero-order valence-electron chi connectivity index (χ0n) is 12.0. The zero-order valence-corrected chi connectivity index (χ0v) is 12.0. The van der Waals surface area contributed by atoms with Gasteiger partial charge in [-0.05, 0) is 25.2 Å². The molecule has 2 saturated heterocycles. The van der Waals surface area contributed by atoms with Crippen LogP contribution < -0.4 is 5.32 Å². The fourth-order valence-corrected chi connectivity index (χ4v) is 3.10. The van der Waals surface area contributed by atoms with Gasteiger partial charge in [-0.15, -0.1) is 0 Å². The van der Waals surface area contributed by atoms with Gasteiger partial charge in [-0.1, -0.05) is 13.8 Å². The van der Waals surface area contributed by atoms with Gasteiger partial charge in [-0.2, -0.15) is 0 Å². The average Bonchev–Trinajstić information content (AvgIpc) is 2.37. The minimum absolute atomic E-state index is 0.0426. The fraction of sp³-hybridized carbons (Fsp3) is 0.929. The van der Waals surface area contributed by atoms with Crippen LogP contribution in [0.15, 0.2) is 0 Å². The molecule has 1 N–H and O–H groups in total. The largest absolute Gasteiger partial charge is 0.341 e. The SMILES string of the molecule is CC(C(=O)N1CCCC(C)(C)C1)N1CCNCC1. The molecular formula is C14H27N3O. The number of amides is 1. The number of hydrogen-bond donors (Lipinski definition) is 1. The van der Waals surface area contributed by atoms with E-state index in [1.54, 1.807) is 0 Å². The van der Waals surface area contributed by atoms with E-state index in [1.165, 1.54) is 6.42 Å². The lowest BCUT2D eigenvalue weighted by Crippen LogP contribution is -2.55. The maximum Gasteiger partial charge on any atom is 0.239 e. The second kappa shape index (κ2) is 5.57. The van der Waals surface area contributed by atoms with Crippen LogP contribution in [0.1, 0.15) is 33.6 Å². The molecule has 1 amide bonds. The van der Waals surface area contributed by atoms with Gasteiger partial charge in [0.05, 0.1) is 6.04 Å². The highest BCUT2D eigenvalue weighted by Gasteiger charge is 2.33. The molecule has 2 aliphatic rings. The van der Waals surface area contributed by atoms with Gasteiger partial charge in [0, 0.05) is 39.3 Å². The molecule has 0 aliphatic carbocycles. The number of rotatable bonds is 2. The number of piperidine rings is 1. The molecule has 1 unspecified atom stereocenters. The predicted molar refractivity (Wildman–Crippen MR) is 73.5 cm³/mol. The van der Waals surface area contributed by atoms with Crippen LogP contribution in [0, 0.1) is 5.41 Å². The van der Waals surface area contributed by atoms with E-state index in [1.807, 2.05) is 0 Å². The molecule has 0 aromatic rings. The summed E-state index contributed by atoms with van der Waals surface area (Å²) in [6, 6.07) is 0.0426. The molecule has 2 aliphatic heterocycles. The zero-order chi connectivity index (χ0) is 13.2. The van der Waals surface area contributed by atoms with Crippen LogP contribution in [0.3, 0.4) is 0 Å². The molecule has 0 radical (unpaired) electrons. The number of nitrogens with one attached hydrogen (secondary N) is 1. The molecule has 2 rings (SSSR count). The van der Waals surface area contributed by atoms with Crippen LogP contribution >= 0.6 is 0 Å². The van der Waals surface area contributed by atoms with Crippen molar-refractivity contribution in [3.63, 3.8) is 0 Å². The maximum absolute atomic E-state index is 12.5. The summed E-state index contributed by atoms with van der Waals surface area (Å²) in [5, 5.41) is 3.33. The highest BCUT2D eigenvalue weighted by atomic mass is 16.2. The molecule has 104 valence electrons. The standard InChI is InChI=1S/C14H27N3O/c1-12(16-9-6-15-7-10-16)13(18)17-8-4-5-14(2,3)11-17/h12,15H,4-11H2,1-3H3. The molecule has 0 saturated carbocycles. The second-order valence-electron chi connectivity index (χ2n) is 6.49. The molecule has 2 fully saturated rings. The van der Waals surface area contributed by atoms with Crippen LogP contribution in [0.4, 0.5) is 0 Å². The smallest absolute Gasteiger partial charge is 0.239 e. The van der Waals surface area contributed by atoms with E-state index in [0.717, 1.165) is 45.7 Å². The lowest BCUT2D eigenvalue weighted by molar-refractivity contribution is -0.139. The van der Waals surface area contributed by atoms with Gasteiger partial charge < -0.3 is 10.2 Å². The lowest BCUT2D eigenvalue weighted by Gasteiger charge is -2.41. The number of nitrogens with zero attached hydrogens (tertiary/aromatic N) is 2. The molecule has 4 heteroatoms. The van der Waals surface area contributed by atoms with Gasteiger partial charge in [0.1, 0.15) is 0 Å². The Balaban J connectivity index is 1.93. The van der Waals surface area contributed by atoms with Crippen LogP contribution in [0.5, 0.6) is 0 Å². The molecular weight excluding hydrogens is 226 g/mol. The quantitative estimate of drug-likeness (QED) is 0.795. The molecule has 1 atom stereocenters. The van der Waals surface area contributed by atoms with E-state index in [0.29, 0.717) is 5.91 Å². The van der Waals surface area contributed by atoms with E-state index in [4.69, 9.17) is 0 Å². The maximum atomic E-state index is 12.5. The Bertz CT molecular complexity index is 297. The van der Waals surface area contributed by atoms with Crippen molar-refractivity contribution in [2.75, 3.05) is 39.3 Å². The normalized spacial score (nSPS) is 26.9. The number of hydrogen-bond acceptors (Lipinski definition) is 3. The van der Waals surface area contributed by atoms with E-state index < -0.39 is 0 Å². The molecule has 0 aromatic carbocycles. The fourth-order valence-electron chi connectivity index (χ4n) is 3.10. The summed E-state index contributed by atoms with van der Waals surface area (Å²) in [6.45, 7) is 12.4. The van der Waals surface area contributed by atoms with Crippen molar-refractivity contribution in [3.8, 4) is 0 Å². The van der Waals surface area contributed by atoms with Gasteiger partial charge >= 0.3 is 0 Å². The monoisotopic (exact) mass is 253 g/mol. The topological polar surface area (TPSA) is 35.6 Å². The summed E-state index contributed by atoms with van der Waals surface area (Å²) in [5.74, 6) is 0.324. The number of piperazine rings is 1. The average molecular weight is 253 g/mol. The molecule has 2 heterocycles. The van der Waals surface area contributed by atoms with E-state index in [-0.39, 0.29) is 11.5 Å². The van der Waals surface area contributed by atoms with Gasteiger partial charge in [0.25, 0.3) is 0 Å². The second-order valence-corrected chi connectivity index (χ2v) is 6.49. The molecule has 18 heavy (non-hydrogen) atoms. The number of likely N-dealkylation sites (tertiary alicyclic amines) is 1.